The van der Waals surface area contributed by atoms with Crippen molar-refractivity contribution in [2.45, 2.75) is 73.1 Å². The number of rotatable bonds is 8. The molecule has 0 aromatic heterocycles. The summed E-state index contributed by atoms with van der Waals surface area (Å²) < 4.78 is 0. The highest BCUT2D eigenvalue weighted by Gasteiger charge is 2.00. The Morgan fingerprint density at radius 1 is 0.600 bits per heavy atom. The average molecular weight is 215 g/mol. The molecule has 94 valence electrons. The van der Waals surface area contributed by atoms with E-state index in [0.717, 1.165) is 0 Å². The Hall–Kier alpha value is -0.0400. The lowest BCUT2D eigenvalue weighted by Gasteiger charge is -2.20. The molecule has 0 rings (SSSR count). The van der Waals surface area contributed by atoms with Gasteiger partial charge in [-0.2, -0.15) is 0 Å². The van der Waals surface area contributed by atoms with Crippen molar-refractivity contribution in [1.29, 1.82) is 0 Å². The highest BCUT2D eigenvalue weighted by Crippen LogP contribution is 1.99. The number of nitrogens with zero attached hydrogens (tertiary/aromatic N) is 1. The molecule has 0 aliphatic heterocycles. The van der Waals surface area contributed by atoms with E-state index in [1.54, 1.807) is 0 Å². The van der Waals surface area contributed by atoms with Gasteiger partial charge < -0.3 is 4.90 Å². The van der Waals surface area contributed by atoms with E-state index in [9.17, 15) is 0 Å². The van der Waals surface area contributed by atoms with Crippen molar-refractivity contribution in [2.75, 3.05) is 19.6 Å². The van der Waals surface area contributed by atoms with Crippen molar-refractivity contribution in [2.24, 2.45) is 0 Å². The highest BCUT2D eigenvalue weighted by molar-refractivity contribution is 4.56. The van der Waals surface area contributed by atoms with Gasteiger partial charge in [0.15, 0.2) is 0 Å². The van der Waals surface area contributed by atoms with Gasteiger partial charge >= 0.3 is 0 Å². The predicted octanol–water partition coefficient (Wildman–Crippen LogP) is 4.71. The molecule has 0 radical (unpaired) electrons. The molecule has 1 heteroatoms. The largest absolute Gasteiger partial charge is 0.303 e. The zero-order chi connectivity index (χ0) is 11.9. The van der Waals surface area contributed by atoms with Crippen LogP contribution in [0.5, 0.6) is 0 Å². The molecule has 0 aromatic carbocycles. The molecule has 0 aliphatic rings. The summed E-state index contributed by atoms with van der Waals surface area (Å²) in [6.07, 6.45) is 7.93. The van der Waals surface area contributed by atoms with Crippen LogP contribution in [0.1, 0.15) is 73.1 Å². The van der Waals surface area contributed by atoms with Crippen LogP contribution in [0.2, 0.25) is 0 Å². The molecule has 0 saturated heterocycles. The van der Waals surface area contributed by atoms with E-state index in [1.165, 1.54) is 58.2 Å². The minimum atomic E-state index is 1.25. The van der Waals surface area contributed by atoms with E-state index in [1.807, 2.05) is 0 Å². The Morgan fingerprint density at radius 3 is 1.27 bits per heavy atom. The van der Waals surface area contributed by atoms with Gasteiger partial charge in [-0.05, 0) is 38.9 Å². The van der Waals surface area contributed by atoms with Crippen LogP contribution < -0.4 is 0 Å². The van der Waals surface area contributed by atoms with E-state index >= 15 is 0 Å². The molecule has 0 spiro atoms. The average Bonchev–Trinajstić information content (AvgIpc) is 2.23. The molecule has 0 amide bonds. The summed E-state index contributed by atoms with van der Waals surface area (Å²) in [5.74, 6) is 0. The highest BCUT2D eigenvalue weighted by atomic mass is 15.1. The summed E-state index contributed by atoms with van der Waals surface area (Å²) in [5.41, 5.74) is 0. The van der Waals surface area contributed by atoms with Crippen molar-refractivity contribution >= 4 is 0 Å². The summed E-state index contributed by atoms with van der Waals surface area (Å²) >= 11 is 0. The lowest BCUT2D eigenvalue weighted by molar-refractivity contribution is 0.266. The first-order valence-electron chi connectivity index (χ1n) is 6.98. The summed E-state index contributed by atoms with van der Waals surface area (Å²) in [7, 11) is 0. The standard InChI is InChI=1S/C11H25N.C3H8/c1-4-7-10-12(9-6-3)11-8-5-2;1-3-2/h4-11H2,1-3H3;3H2,1-2H3. The van der Waals surface area contributed by atoms with Crippen LogP contribution in [0, 0.1) is 0 Å². The molecule has 0 fully saturated rings. The first kappa shape index (κ1) is 17.4. The van der Waals surface area contributed by atoms with Gasteiger partial charge in [0.1, 0.15) is 0 Å². The van der Waals surface area contributed by atoms with Gasteiger partial charge in [0.05, 0.1) is 0 Å². The molecule has 15 heavy (non-hydrogen) atoms. The predicted molar refractivity (Wildman–Crippen MR) is 72.5 cm³/mol. The Bertz CT molecular complexity index is 83.3. The molecule has 0 saturated carbocycles. The summed E-state index contributed by atoms with van der Waals surface area (Å²) in [6.45, 7) is 15.0. The quantitative estimate of drug-likeness (QED) is 0.566. The van der Waals surface area contributed by atoms with Crippen LogP contribution in [-0.2, 0) is 0 Å². The Morgan fingerprint density at radius 2 is 1.00 bits per heavy atom. The number of unbranched alkanes of at least 4 members (excludes halogenated alkanes) is 2. The second kappa shape index (κ2) is 16.4. The molecule has 0 atom stereocenters. The fourth-order valence-corrected chi connectivity index (χ4v) is 1.42. The first-order chi connectivity index (χ1) is 7.26. The second-order valence-electron chi connectivity index (χ2n) is 4.26. The van der Waals surface area contributed by atoms with Crippen molar-refractivity contribution < 1.29 is 0 Å². The minimum Gasteiger partial charge on any atom is -0.303 e. The van der Waals surface area contributed by atoms with Crippen molar-refractivity contribution in [3.8, 4) is 0 Å². The van der Waals surface area contributed by atoms with E-state index in [4.69, 9.17) is 0 Å². The van der Waals surface area contributed by atoms with Crippen molar-refractivity contribution in [3.05, 3.63) is 0 Å². The molecule has 0 heterocycles. The van der Waals surface area contributed by atoms with Gasteiger partial charge in [-0.1, -0.05) is 53.9 Å². The van der Waals surface area contributed by atoms with E-state index in [2.05, 4.69) is 39.5 Å². The smallest absolute Gasteiger partial charge is 0.00188 e. The van der Waals surface area contributed by atoms with Gasteiger partial charge in [0.2, 0.25) is 0 Å². The van der Waals surface area contributed by atoms with Gasteiger partial charge in [-0.25, -0.2) is 0 Å². The van der Waals surface area contributed by atoms with E-state index < -0.39 is 0 Å². The normalized spacial score (nSPS) is 10.0. The van der Waals surface area contributed by atoms with Crippen molar-refractivity contribution in [3.63, 3.8) is 0 Å². The van der Waals surface area contributed by atoms with Crippen LogP contribution in [0.4, 0.5) is 0 Å². The van der Waals surface area contributed by atoms with E-state index in [-0.39, 0.29) is 0 Å². The third-order valence-corrected chi connectivity index (χ3v) is 2.20. The first-order valence-corrected chi connectivity index (χ1v) is 6.98. The van der Waals surface area contributed by atoms with Crippen LogP contribution in [0.25, 0.3) is 0 Å². The molecule has 0 unspecified atom stereocenters. The fourth-order valence-electron chi connectivity index (χ4n) is 1.42. The van der Waals surface area contributed by atoms with Crippen molar-refractivity contribution in [1.82, 2.24) is 4.90 Å². The molecular formula is C14H33N. The maximum Gasteiger partial charge on any atom is -0.00188 e. The lowest BCUT2D eigenvalue weighted by Crippen LogP contribution is -2.26. The van der Waals surface area contributed by atoms with E-state index in [0.29, 0.717) is 0 Å². The zero-order valence-electron chi connectivity index (χ0n) is 11.8. The van der Waals surface area contributed by atoms with Gasteiger partial charge in [0, 0.05) is 0 Å². The second-order valence-corrected chi connectivity index (χ2v) is 4.26. The molecule has 0 N–H and O–H groups in total. The van der Waals surface area contributed by atoms with Crippen LogP contribution in [0.3, 0.4) is 0 Å². The monoisotopic (exact) mass is 215 g/mol. The molecule has 0 aromatic rings. The maximum absolute atomic E-state index is 2.60. The minimum absolute atomic E-state index is 1.25. The van der Waals surface area contributed by atoms with Crippen LogP contribution in [-0.4, -0.2) is 24.5 Å². The molecule has 0 bridgehead atoms. The molecular weight excluding hydrogens is 182 g/mol. The maximum atomic E-state index is 2.60. The Balaban J connectivity index is 0. The van der Waals surface area contributed by atoms with Gasteiger partial charge in [-0.3, -0.25) is 0 Å². The number of hydrogen-bond donors (Lipinski definition) is 0. The lowest BCUT2D eigenvalue weighted by atomic mass is 10.2. The number of hydrogen-bond acceptors (Lipinski definition) is 1. The molecule has 0 aliphatic carbocycles. The fraction of sp³-hybridized carbons (Fsp3) is 1.00. The SMILES string of the molecule is CCC.CCCCN(CCC)CCCC. The topological polar surface area (TPSA) is 3.24 Å². The van der Waals surface area contributed by atoms with Crippen LogP contribution in [0.15, 0.2) is 0 Å². The summed E-state index contributed by atoms with van der Waals surface area (Å²) in [6, 6.07) is 0. The van der Waals surface area contributed by atoms with Gasteiger partial charge in [-0.15, -0.1) is 0 Å². The van der Waals surface area contributed by atoms with Crippen LogP contribution >= 0.6 is 0 Å². The third-order valence-electron chi connectivity index (χ3n) is 2.20. The third kappa shape index (κ3) is 16.6. The molecule has 1 nitrogen and oxygen atoms in total. The van der Waals surface area contributed by atoms with Gasteiger partial charge in [0.25, 0.3) is 0 Å². The summed E-state index contributed by atoms with van der Waals surface area (Å²) in [4.78, 5) is 2.60. The zero-order valence-corrected chi connectivity index (χ0v) is 11.8. The summed E-state index contributed by atoms with van der Waals surface area (Å²) in [5, 5.41) is 0. The Kier molecular flexibility index (Phi) is 19.0. The Labute approximate surface area is 98.2 Å².